The molecule has 2 fully saturated rings. The predicted octanol–water partition coefficient (Wildman–Crippen LogP) is 2.85. The van der Waals surface area contributed by atoms with E-state index >= 15 is 0 Å². The number of aliphatic imine (C=N–C) groups is 1. The lowest BCUT2D eigenvalue weighted by Gasteiger charge is -2.27. The van der Waals surface area contributed by atoms with Crippen molar-refractivity contribution in [3.8, 4) is 0 Å². The minimum atomic E-state index is 0. The van der Waals surface area contributed by atoms with Gasteiger partial charge in [0.25, 0.3) is 0 Å². The molecule has 1 aromatic rings. The molecule has 29 heavy (non-hydrogen) atoms. The molecule has 0 radical (unpaired) electrons. The van der Waals surface area contributed by atoms with E-state index in [1.165, 1.54) is 19.3 Å². The van der Waals surface area contributed by atoms with E-state index in [-0.39, 0.29) is 42.0 Å². The molecule has 1 saturated carbocycles. The van der Waals surface area contributed by atoms with E-state index in [1.807, 2.05) is 31.1 Å². The largest absolute Gasteiger partial charge is 0.468 e. The summed E-state index contributed by atoms with van der Waals surface area (Å²) < 4.78 is 5.57. The molecule has 8 heteroatoms. The van der Waals surface area contributed by atoms with Crippen molar-refractivity contribution < 1.29 is 9.21 Å². The fourth-order valence-electron chi connectivity index (χ4n) is 4.29. The average Bonchev–Trinajstić information content (AvgIpc) is 3.39. The molecule has 3 rings (SSSR count). The number of halogens is 1. The van der Waals surface area contributed by atoms with E-state index in [4.69, 9.17) is 4.42 Å². The van der Waals surface area contributed by atoms with E-state index in [0.29, 0.717) is 12.5 Å². The number of carbonyl (C=O) groups excluding carboxylic acids is 1. The molecule has 1 aliphatic carbocycles. The van der Waals surface area contributed by atoms with Gasteiger partial charge in [0.15, 0.2) is 5.96 Å². The molecule has 2 aliphatic rings. The Bertz CT molecular complexity index is 644. The van der Waals surface area contributed by atoms with E-state index in [1.54, 1.807) is 13.3 Å². The maximum absolute atomic E-state index is 12.8. The van der Waals surface area contributed by atoms with Crippen molar-refractivity contribution in [2.45, 2.75) is 50.6 Å². The molecule has 2 heterocycles. The van der Waals surface area contributed by atoms with E-state index in [9.17, 15) is 4.79 Å². The van der Waals surface area contributed by atoms with Gasteiger partial charge in [0.05, 0.1) is 12.3 Å². The van der Waals surface area contributed by atoms with Crippen LogP contribution in [0.4, 0.5) is 0 Å². The highest BCUT2D eigenvalue weighted by Crippen LogP contribution is 2.26. The van der Waals surface area contributed by atoms with Crippen LogP contribution in [0.3, 0.4) is 0 Å². The number of guanidine groups is 1. The van der Waals surface area contributed by atoms with Crippen molar-refractivity contribution in [3.05, 3.63) is 24.2 Å². The molecule has 1 aromatic heterocycles. The van der Waals surface area contributed by atoms with Crippen molar-refractivity contribution in [2.75, 3.05) is 40.8 Å². The Labute approximate surface area is 191 Å². The zero-order valence-corrected chi connectivity index (χ0v) is 20.2. The van der Waals surface area contributed by atoms with Crippen molar-refractivity contribution in [3.63, 3.8) is 0 Å². The Morgan fingerprint density at radius 1 is 1.31 bits per heavy atom. The number of carbonyl (C=O) groups is 1. The zero-order valence-electron chi connectivity index (χ0n) is 17.9. The molecule has 2 atom stereocenters. The number of rotatable bonds is 6. The van der Waals surface area contributed by atoms with Crippen LogP contribution in [0.25, 0.3) is 0 Å². The first-order valence-electron chi connectivity index (χ1n) is 10.5. The van der Waals surface area contributed by atoms with Crippen LogP contribution in [0.2, 0.25) is 0 Å². The molecular formula is C21H36IN5O2. The fourth-order valence-corrected chi connectivity index (χ4v) is 4.29. The summed E-state index contributed by atoms with van der Waals surface area (Å²) in [6, 6.07) is 4.28. The first-order chi connectivity index (χ1) is 13.6. The second-order valence-corrected chi connectivity index (χ2v) is 8.20. The maximum atomic E-state index is 12.8. The Kier molecular flexibility index (Phi) is 9.74. The van der Waals surface area contributed by atoms with Crippen LogP contribution in [-0.2, 0) is 4.79 Å². The van der Waals surface area contributed by atoms with Crippen LogP contribution in [0.1, 0.15) is 50.3 Å². The van der Waals surface area contributed by atoms with Gasteiger partial charge in [0.2, 0.25) is 5.91 Å². The molecule has 2 N–H and O–H groups in total. The van der Waals surface area contributed by atoms with Gasteiger partial charge in [-0.15, -0.1) is 24.0 Å². The molecule has 1 aliphatic heterocycles. The minimum Gasteiger partial charge on any atom is -0.468 e. The molecule has 164 valence electrons. The lowest BCUT2D eigenvalue weighted by atomic mass is 9.88. The monoisotopic (exact) mass is 517 g/mol. The van der Waals surface area contributed by atoms with Crippen molar-refractivity contribution in [1.82, 2.24) is 20.4 Å². The average molecular weight is 517 g/mol. The minimum absolute atomic E-state index is 0. The summed E-state index contributed by atoms with van der Waals surface area (Å²) in [6.45, 7) is 2.31. The summed E-state index contributed by atoms with van der Waals surface area (Å²) in [5, 5.41) is 6.90. The van der Waals surface area contributed by atoms with E-state index in [0.717, 1.165) is 44.1 Å². The molecule has 0 bridgehead atoms. The van der Waals surface area contributed by atoms with Gasteiger partial charge in [-0.2, -0.15) is 0 Å². The van der Waals surface area contributed by atoms with Crippen LogP contribution < -0.4 is 10.6 Å². The first kappa shape index (κ1) is 24.0. The van der Waals surface area contributed by atoms with Crippen LogP contribution >= 0.6 is 24.0 Å². The van der Waals surface area contributed by atoms with Gasteiger partial charge in [-0.25, -0.2) is 0 Å². The Morgan fingerprint density at radius 2 is 2.07 bits per heavy atom. The summed E-state index contributed by atoms with van der Waals surface area (Å²) >= 11 is 0. The molecule has 0 spiro atoms. The number of likely N-dealkylation sites (tertiary alicyclic amines) is 1. The van der Waals surface area contributed by atoms with Gasteiger partial charge in [-0.05, 0) is 45.5 Å². The standard InChI is InChI=1S/C21H35N5O2.HI/c1-22-21(23-14-18(25(2)3)19-10-7-13-28-19)24-17-11-12-26(15-17)20(27)16-8-5-4-6-9-16;/h7,10,13,16-18H,4-6,8-9,11-12,14-15H2,1-3H3,(H2,22,23,24);1H. The van der Waals surface area contributed by atoms with Gasteiger partial charge in [-0.1, -0.05) is 19.3 Å². The van der Waals surface area contributed by atoms with Crippen LogP contribution in [0.15, 0.2) is 27.8 Å². The maximum Gasteiger partial charge on any atom is 0.225 e. The number of furan rings is 1. The molecule has 2 unspecified atom stereocenters. The second-order valence-electron chi connectivity index (χ2n) is 8.20. The highest BCUT2D eigenvalue weighted by atomic mass is 127. The SMILES string of the molecule is CN=C(NCC(c1ccco1)N(C)C)NC1CCN(C(=O)C2CCCCC2)C1.I. The predicted molar refractivity (Wildman–Crippen MR) is 127 cm³/mol. The Hall–Kier alpha value is -1.29. The van der Waals surface area contributed by atoms with E-state index < -0.39 is 0 Å². The van der Waals surface area contributed by atoms with Gasteiger partial charge in [0.1, 0.15) is 5.76 Å². The molecule has 7 nitrogen and oxygen atoms in total. The number of amides is 1. The normalized spacial score (nSPS) is 21.7. The topological polar surface area (TPSA) is 73.1 Å². The molecular weight excluding hydrogens is 481 g/mol. The molecule has 0 aromatic carbocycles. The first-order valence-corrected chi connectivity index (χ1v) is 10.5. The third kappa shape index (κ3) is 6.60. The fraction of sp³-hybridized carbons (Fsp3) is 0.714. The van der Waals surface area contributed by atoms with Crippen LogP contribution in [-0.4, -0.2) is 68.5 Å². The second kappa shape index (κ2) is 11.8. The summed E-state index contributed by atoms with van der Waals surface area (Å²) in [5.41, 5.74) is 0. The van der Waals surface area contributed by atoms with Gasteiger partial charge in [0, 0.05) is 38.6 Å². The van der Waals surface area contributed by atoms with Crippen LogP contribution in [0.5, 0.6) is 0 Å². The third-order valence-corrected chi connectivity index (χ3v) is 5.98. The summed E-state index contributed by atoms with van der Waals surface area (Å²) in [6.07, 6.45) is 8.48. The number of nitrogens with one attached hydrogen (secondary N) is 2. The van der Waals surface area contributed by atoms with Crippen molar-refractivity contribution in [2.24, 2.45) is 10.9 Å². The van der Waals surface area contributed by atoms with Crippen LogP contribution in [0, 0.1) is 5.92 Å². The number of hydrogen-bond acceptors (Lipinski definition) is 4. The van der Waals surface area contributed by atoms with Crippen molar-refractivity contribution >= 4 is 35.8 Å². The third-order valence-electron chi connectivity index (χ3n) is 5.98. The number of likely N-dealkylation sites (N-methyl/N-ethyl adjacent to an activating group) is 1. The number of nitrogens with zero attached hydrogens (tertiary/aromatic N) is 3. The summed E-state index contributed by atoms with van der Waals surface area (Å²) in [5.74, 6) is 2.31. The lowest BCUT2D eigenvalue weighted by molar-refractivity contribution is -0.135. The number of hydrogen-bond donors (Lipinski definition) is 2. The molecule has 1 saturated heterocycles. The van der Waals surface area contributed by atoms with Crippen molar-refractivity contribution in [1.29, 1.82) is 0 Å². The zero-order chi connectivity index (χ0) is 19.9. The summed E-state index contributed by atoms with van der Waals surface area (Å²) in [4.78, 5) is 21.3. The molecule has 1 amide bonds. The summed E-state index contributed by atoms with van der Waals surface area (Å²) in [7, 11) is 5.86. The highest BCUT2D eigenvalue weighted by molar-refractivity contribution is 14.0. The van der Waals surface area contributed by atoms with Gasteiger partial charge >= 0.3 is 0 Å². The van der Waals surface area contributed by atoms with E-state index in [2.05, 4.69) is 20.5 Å². The Morgan fingerprint density at radius 3 is 2.69 bits per heavy atom. The lowest BCUT2D eigenvalue weighted by Crippen LogP contribution is -2.47. The van der Waals surface area contributed by atoms with Gasteiger partial charge < -0.3 is 20.0 Å². The Balaban J connectivity index is 0.00000300. The smallest absolute Gasteiger partial charge is 0.225 e. The van der Waals surface area contributed by atoms with Gasteiger partial charge in [-0.3, -0.25) is 14.7 Å². The highest BCUT2D eigenvalue weighted by Gasteiger charge is 2.31. The quantitative estimate of drug-likeness (QED) is 0.345.